The summed E-state index contributed by atoms with van der Waals surface area (Å²) in [5.74, 6) is -0.504. The Balaban J connectivity index is 2.65. The van der Waals surface area contributed by atoms with Crippen molar-refractivity contribution < 1.29 is 9.47 Å². The van der Waals surface area contributed by atoms with Crippen LogP contribution < -0.4 is 0 Å². The highest BCUT2D eigenvalue weighted by molar-refractivity contribution is 5.16. The smallest absolute Gasteiger partial charge is 0.169 e. The number of benzene rings is 1. The van der Waals surface area contributed by atoms with Gasteiger partial charge >= 0.3 is 0 Å². The molecule has 0 spiro atoms. The van der Waals surface area contributed by atoms with E-state index in [2.05, 4.69) is 12.1 Å². The van der Waals surface area contributed by atoms with Crippen molar-refractivity contribution in [1.29, 1.82) is 0 Å². The molecule has 78 valence electrons. The predicted octanol–water partition coefficient (Wildman–Crippen LogP) is 2.63. The summed E-state index contributed by atoms with van der Waals surface area (Å²) in [6.07, 6.45) is 0.776. The maximum atomic E-state index is 5.56. The maximum Gasteiger partial charge on any atom is 0.169 e. The van der Waals surface area contributed by atoms with Crippen LogP contribution in [0.15, 0.2) is 30.3 Å². The van der Waals surface area contributed by atoms with Crippen LogP contribution in [0.25, 0.3) is 0 Å². The summed E-state index contributed by atoms with van der Waals surface area (Å²) in [4.78, 5) is 0. The molecule has 0 amide bonds. The van der Waals surface area contributed by atoms with Crippen LogP contribution in [0.1, 0.15) is 19.4 Å². The molecule has 1 aromatic rings. The Morgan fingerprint density at radius 1 is 1.21 bits per heavy atom. The topological polar surface area (TPSA) is 18.5 Å². The van der Waals surface area contributed by atoms with Gasteiger partial charge in [-0.05, 0) is 19.4 Å². The van der Waals surface area contributed by atoms with E-state index in [0.717, 1.165) is 6.42 Å². The summed E-state index contributed by atoms with van der Waals surface area (Å²) >= 11 is 0. The van der Waals surface area contributed by atoms with Crippen molar-refractivity contribution in [1.82, 2.24) is 0 Å². The molecule has 0 saturated carbocycles. The molecule has 2 heteroatoms. The Kier molecular flexibility index (Phi) is 4.11. The first kappa shape index (κ1) is 11.2. The van der Waals surface area contributed by atoms with Gasteiger partial charge in [-0.15, -0.1) is 0 Å². The summed E-state index contributed by atoms with van der Waals surface area (Å²) in [6.45, 7) is 4.60. The average Bonchev–Trinajstić information content (AvgIpc) is 2.20. The zero-order valence-electron chi connectivity index (χ0n) is 9.12. The number of hydrogen-bond acceptors (Lipinski definition) is 2. The van der Waals surface area contributed by atoms with Gasteiger partial charge in [0.05, 0.1) is 0 Å². The average molecular weight is 194 g/mol. The minimum Gasteiger partial charge on any atom is -0.353 e. The quantitative estimate of drug-likeness (QED) is 0.671. The lowest BCUT2D eigenvalue weighted by Crippen LogP contribution is -2.33. The third-order valence-corrected chi connectivity index (χ3v) is 2.25. The molecule has 0 heterocycles. The van der Waals surface area contributed by atoms with Crippen molar-refractivity contribution in [3.05, 3.63) is 35.9 Å². The summed E-state index contributed by atoms with van der Waals surface area (Å²) in [5, 5.41) is 0. The van der Waals surface area contributed by atoms with Gasteiger partial charge in [-0.25, -0.2) is 0 Å². The van der Waals surface area contributed by atoms with E-state index in [9.17, 15) is 0 Å². The van der Waals surface area contributed by atoms with Crippen LogP contribution in [-0.2, 0) is 15.9 Å². The minimum atomic E-state index is -0.504. The molecule has 0 aliphatic rings. The fraction of sp³-hybridized carbons (Fsp3) is 0.500. The van der Waals surface area contributed by atoms with Crippen LogP contribution >= 0.6 is 0 Å². The van der Waals surface area contributed by atoms with Gasteiger partial charge < -0.3 is 9.47 Å². The van der Waals surface area contributed by atoms with Crippen molar-refractivity contribution in [2.45, 2.75) is 26.1 Å². The molecule has 0 aliphatic heterocycles. The fourth-order valence-electron chi connectivity index (χ4n) is 1.45. The van der Waals surface area contributed by atoms with E-state index in [4.69, 9.17) is 9.47 Å². The van der Waals surface area contributed by atoms with Gasteiger partial charge in [0.2, 0.25) is 0 Å². The third kappa shape index (κ3) is 3.13. The summed E-state index contributed by atoms with van der Waals surface area (Å²) in [6, 6.07) is 10.2. The number of methoxy groups -OCH3 is 1. The van der Waals surface area contributed by atoms with Gasteiger partial charge in [0.15, 0.2) is 5.79 Å². The number of ether oxygens (including phenoxy) is 2. The molecule has 0 radical (unpaired) electrons. The Morgan fingerprint density at radius 3 is 2.36 bits per heavy atom. The molecule has 2 nitrogen and oxygen atoms in total. The lowest BCUT2D eigenvalue weighted by molar-refractivity contribution is -0.206. The molecular formula is C12H18O2. The molecule has 1 unspecified atom stereocenters. The molecule has 0 fully saturated rings. The van der Waals surface area contributed by atoms with Gasteiger partial charge in [0.1, 0.15) is 0 Å². The Morgan fingerprint density at radius 2 is 1.86 bits per heavy atom. The van der Waals surface area contributed by atoms with Crippen LogP contribution in [0.3, 0.4) is 0 Å². The zero-order valence-corrected chi connectivity index (χ0v) is 9.12. The molecule has 0 aromatic heterocycles. The van der Waals surface area contributed by atoms with Crippen molar-refractivity contribution in [3.63, 3.8) is 0 Å². The third-order valence-electron chi connectivity index (χ3n) is 2.25. The molecule has 1 rings (SSSR count). The Labute approximate surface area is 85.8 Å². The van der Waals surface area contributed by atoms with Gasteiger partial charge in [0, 0.05) is 20.1 Å². The summed E-state index contributed by atoms with van der Waals surface area (Å²) < 4.78 is 10.9. The van der Waals surface area contributed by atoms with Gasteiger partial charge in [0.25, 0.3) is 0 Å². The molecule has 14 heavy (non-hydrogen) atoms. The van der Waals surface area contributed by atoms with E-state index in [1.807, 2.05) is 32.0 Å². The highest BCUT2D eigenvalue weighted by Crippen LogP contribution is 2.18. The maximum absolute atomic E-state index is 5.56. The van der Waals surface area contributed by atoms with E-state index in [1.54, 1.807) is 7.11 Å². The van der Waals surface area contributed by atoms with Gasteiger partial charge in [-0.3, -0.25) is 0 Å². The highest BCUT2D eigenvalue weighted by Gasteiger charge is 2.23. The van der Waals surface area contributed by atoms with Crippen LogP contribution in [-0.4, -0.2) is 19.5 Å². The standard InChI is InChI=1S/C12H18O2/c1-4-14-12(2,13-3)10-11-8-6-5-7-9-11/h5-9H,4,10H2,1-3H3. The van der Waals surface area contributed by atoms with Crippen molar-refractivity contribution in [2.24, 2.45) is 0 Å². The summed E-state index contributed by atoms with van der Waals surface area (Å²) in [5.41, 5.74) is 1.23. The first-order valence-corrected chi connectivity index (χ1v) is 4.93. The van der Waals surface area contributed by atoms with Crippen LogP contribution in [0.2, 0.25) is 0 Å². The second-order valence-electron chi connectivity index (χ2n) is 3.43. The summed E-state index contributed by atoms with van der Waals surface area (Å²) in [7, 11) is 1.68. The van der Waals surface area contributed by atoms with E-state index in [0.29, 0.717) is 6.61 Å². The molecule has 0 saturated heterocycles. The van der Waals surface area contributed by atoms with Crippen LogP contribution in [0.5, 0.6) is 0 Å². The monoisotopic (exact) mass is 194 g/mol. The van der Waals surface area contributed by atoms with E-state index < -0.39 is 5.79 Å². The molecule has 1 aromatic carbocycles. The molecule has 0 bridgehead atoms. The largest absolute Gasteiger partial charge is 0.353 e. The molecular weight excluding hydrogens is 176 g/mol. The van der Waals surface area contributed by atoms with Crippen LogP contribution in [0, 0.1) is 0 Å². The van der Waals surface area contributed by atoms with E-state index >= 15 is 0 Å². The number of hydrogen-bond donors (Lipinski definition) is 0. The second-order valence-corrected chi connectivity index (χ2v) is 3.43. The second kappa shape index (κ2) is 5.13. The van der Waals surface area contributed by atoms with Crippen molar-refractivity contribution in [2.75, 3.05) is 13.7 Å². The predicted molar refractivity (Wildman–Crippen MR) is 57.2 cm³/mol. The first-order valence-electron chi connectivity index (χ1n) is 4.93. The van der Waals surface area contributed by atoms with Gasteiger partial charge in [-0.2, -0.15) is 0 Å². The fourth-order valence-corrected chi connectivity index (χ4v) is 1.45. The van der Waals surface area contributed by atoms with Crippen LogP contribution in [0.4, 0.5) is 0 Å². The van der Waals surface area contributed by atoms with Crippen molar-refractivity contribution in [3.8, 4) is 0 Å². The normalized spacial score (nSPS) is 15.1. The molecule has 0 aliphatic carbocycles. The van der Waals surface area contributed by atoms with E-state index in [1.165, 1.54) is 5.56 Å². The zero-order chi connectivity index (χ0) is 10.4. The lowest BCUT2D eigenvalue weighted by atomic mass is 10.1. The van der Waals surface area contributed by atoms with E-state index in [-0.39, 0.29) is 0 Å². The highest BCUT2D eigenvalue weighted by atomic mass is 16.7. The van der Waals surface area contributed by atoms with Crippen molar-refractivity contribution >= 4 is 0 Å². The Hall–Kier alpha value is -0.860. The first-order chi connectivity index (χ1) is 6.70. The molecule has 1 atom stereocenters. The minimum absolute atomic E-state index is 0.504. The molecule has 0 N–H and O–H groups in total. The Bertz CT molecular complexity index is 258. The SMILES string of the molecule is CCOC(C)(Cc1ccccc1)OC. The van der Waals surface area contributed by atoms with Gasteiger partial charge in [-0.1, -0.05) is 30.3 Å². The lowest BCUT2D eigenvalue weighted by Gasteiger charge is -2.27. The number of rotatable bonds is 5.